The molecule has 2 nitrogen and oxygen atoms in total. The Hall–Kier alpha value is -0.580. The molecule has 4 heteroatoms. The lowest BCUT2D eigenvalue weighted by Gasteiger charge is -1.96. The van der Waals surface area contributed by atoms with E-state index in [0.717, 1.165) is 25.7 Å². The molecule has 0 aromatic carbocycles. The second-order valence-electron chi connectivity index (χ2n) is 3.03. The van der Waals surface area contributed by atoms with E-state index in [1.165, 1.54) is 5.08 Å². The molecular weight excluding hydrogens is 224 g/mol. The van der Waals surface area contributed by atoms with E-state index in [4.69, 9.17) is 10.5 Å². The van der Waals surface area contributed by atoms with Gasteiger partial charge in [0.2, 0.25) is 0 Å². The van der Waals surface area contributed by atoms with Crippen LogP contribution in [-0.2, 0) is 0 Å². The molecule has 0 spiro atoms. The number of nitrogens with zero attached hydrogens (tertiary/aromatic N) is 2. The van der Waals surface area contributed by atoms with Crippen LogP contribution in [0.15, 0.2) is 10.8 Å². The van der Waals surface area contributed by atoms with Crippen molar-refractivity contribution in [3.05, 3.63) is 10.8 Å². The summed E-state index contributed by atoms with van der Waals surface area (Å²) in [6.07, 6.45) is 4.01. The molecule has 1 aliphatic heterocycles. The standard InChI is InChI=1S/C8H12N2.C3H4S2/c1-2-3-4-5-8(6-9)7-10;1-2-5-3-4-1/h8H,2-5H2,1H3;1-2H,3H2. The van der Waals surface area contributed by atoms with Crippen LogP contribution in [-0.4, -0.2) is 5.08 Å². The summed E-state index contributed by atoms with van der Waals surface area (Å²) in [7, 11) is 0. The maximum absolute atomic E-state index is 8.35. The molecule has 0 N–H and O–H groups in total. The molecule has 0 aliphatic carbocycles. The molecule has 1 aliphatic rings. The predicted molar refractivity (Wildman–Crippen MR) is 68.0 cm³/mol. The van der Waals surface area contributed by atoms with E-state index in [1.54, 1.807) is 0 Å². The number of hydrogen-bond donors (Lipinski definition) is 0. The summed E-state index contributed by atoms with van der Waals surface area (Å²) in [5.74, 6) is -0.383. The second-order valence-corrected chi connectivity index (χ2v) is 5.18. The highest BCUT2D eigenvalue weighted by molar-refractivity contribution is 8.21. The molecule has 82 valence electrons. The molecule has 0 aromatic heterocycles. The van der Waals surface area contributed by atoms with Crippen LogP contribution >= 0.6 is 23.5 Å². The Morgan fingerprint density at radius 3 is 2.13 bits per heavy atom. The summed E-state index contributed by atoms with van der Waals surface area (Å²) in [6.45, 7) is 2.10. The Morgan fingerprint density at radius 2 is 1.80 bits per heavy atom. The van der Waals surface area contributed by atoms with Gasteiger partial charge in [0.25, 0.3) is 0 Å². The lowest BCUT2D eigenvalue weighted by atomic mass is 10.0. The van der Waals surface area contributed by atoms with Crippen LogP contribution in [0.4, 0.5) is 0 Å². The number of thioether (sulfide) groups is 2. The van der Waals surface area contributed by atoms with Gasteiger partial charge in [-0.2, -0.15) is 10.5 Å². The normalized spacial score (nSPS) is 12.8. The fourth-order valence-electron chi connectivity index (χ4n) is 0.953. The maximum atomic E-state index is 8.35. The smallest absolute Gasteiger partial charge is 0.133 e. The zero-order valence-electron chi connectivity index (χ0n) is 8.98. The van der Waals surface area contributed by atoms with Crippen LogP contribution in [0.1, 0.15) is 32.6 Å². The average molecular weight is 240 g/mol. The number of rotatable bonds is 4. The summed E-state index contributed by atoms with van der Waals surface area (Å²) < 4.78 is 0. The van der Waals surface area contributed by atoms with E-state index in [-0.39, 0.29) is 5.92 Å². The molecule has 0 fully saturated rings. The summed E-state index contributed by atoms with van der Waals surface area (Å²) in [6, 6.07) is 3.90. The van der Waals surface area contributed by atoms with Gasteiger partial charge in [0, 0.05) is 5.08 Å². The van der Waals surface area contributed by atoms with Crippen LogP contribution in [0.2, 0.25) is 0 Å². The Balaban J connectivity index is 0.000000322. The lowest BCUT2D eigenvalue weighted by molar-refractivity contribution is 0.624. The molecule has 0 radical (unpaired) electrons. The Labute approximate surface area is 101 Å². The minimum Gasteiger partial charge on any atom is -0.197 e. The summed E-state index contributed by atoms with van der Waals surface area (Å²) in [5.41, 5.74) is 0. The first-order chi connectivity index (χ1) is 7.35. The third kappa shape index (κ3) is 9.72. The fourth-order valence-corrected chi connectivity index (χ4v) is 2.52. The third-order valence-electron chi connectivity index (χ3n) is 1.79. The van der Waals surface area contributed by atoms with Crippen molar-refractivity contribution in [2.75, 3.05) is 5.08 Å². The molecule has 0 bridgehead atoms. The maximum Gasteiger partial charge on any atom is 0.133 e. The SMILES string of the molecule is C1=CSCS1.CCCCCC(C#N)C#N. The number of hydrogen-bond acceptors (Lipinski definition) is 4. The van der Waals surface area contributed by atoms with Crippen molar-refractivity contribution in [3.8, 4) is 12.1 Å². The van der Waals surface area contributed by atoms with Gasteiger partial charge in [0.1, 0.15) is 5.92 Å². The second kappa shape index (κ2) is 11.5. The molecule has 15 heavy (non-hydrogen) atoms. The van der Waals surface area contributed by atoms with Crippen molar-refractivity contribution >= 4 is 23.5 Å². The van der Waals surface area contributed by atoms with Crippen molar-refractivity contribution in [2.45, 2.75) is 32.6 Å². The van der Waals surface area contributed by atoms with Crippen molar-refractivity contribution in [2.24, 2.45) is 5.92 Å². The van der Waals surface area contributed by atoms with Gasteiger partial charge < -0.3 is 0 Å². The zero-order valence-corrected chi connectivity index (χ0v) is 10.6. The molecular formula is C11H16N2S2. The molecule has 0 saturated heterocycles. The van der Waals surface area contributed by atoms with Crippen LogP contribution in [0.25, 0.3) is 0 Å². The number of unbranched alkanes of at least 4 members (excludes halogenated alkanes) is 2. The van der Waals surface area contributed by atoms with E-state index in [0.29, 0.717) is 0 Å². The number of nitriles is 2. The highest BCUT2D eigenvalue weighted by Gasteiger charge is 2.02. The molecule has 0 atom stereocenters. The van der Waals surface area contributed by atoms with E-state index < -0.39 is 0 Å². The van der Waals surface area contributed by atoms with E-state index >= 15 is 0 Å². The van der Waals surface area contributed by atoms with Crippen LogP contribution in [0, 0.1) is 28.6 Å². The van der Waals surface area contributed by atoms with E-state index in [2.05, 4.69) is 17.7 Å². The van der Waals surface area contributed by atoms with Crippen molar-refractivity contribution in [1.29, 1.82) is 10.5 Å². The van der Waals surface area contributed by atoms with Gasteiger partial charge in [-0.3, -0.25) is 0 Å². The molecule has 1 heterocycles. The first kappa shape index (κ1) is 14.4. The summed E-state index contributed by atoms with van der Waals surface area (Å²) in [4.78, 5) is 0. The van der Waals surface area contributed by atoms with Crippen molar-refractivity contribution < 1.29 is 0 Å². The topological polar surface area (TPSA) is 47.6 Å². The summed E-state index contributed by atoms with van der Waals surface area (Å²) in [5, 5.41) is 22.2. The van der Waals surface area contributed by atoms with Crippen LogP contribution in [0.5, 0.6) is 0 Å². The minimum atomic E-state index is -0.383. The van der Waals surface area contributed by atoms with Crippen molar-refractivity contribution in [3.63, 3.8) is 0 Å². The monoisotopic (exact) mass is 240 g/mol. The highest BCUT2D eigenvalue weighted by atomic mass is 32.2. The average Bonchev–Trinajstić information content (AvgIpc) is 2.83. The predicted octanol–water partition coefficient (Wildman–Crippen LogP) is 4.13. The molecule has 1 rings (SSSR count). The van der Waals surface area contributed by atoms with Gasteiger partial charge >= 0.3 is 0 Å². The Kier molecular flexibility index (Phi) is 11.1. The minimum absolute atomic E-state index is 0.383. The quantitative estimate of drug-likeness (QED) is 0.693. The highest BCUT2D eigenvalue weighted by Crippen LogP contribution is 2.22. The van der Waals surface area contributed by atoms with Crippen LogP contribution in [0.3, 0.4) is 0 Å². The lowest BCUT2D eigenvalue weighted by Crippen LogP contribution is -1.91. The van der Waals surface area contributed by atoms with Gasteiger partial charge in [-0.1, -0.05) is 26.2 Å². The Morgan fingerprint density at radius 1 is 1.20 bits per heavy atom. The first-order valence-corrected chi connectivity index (χ1v) is 7.12. The largest absolute Gasteiger partial charge is 0.197 e. The molecule has 0 aromatic rings. The van der Waals surface area contributed by atoms with Gasteiger partial charge in [0.05, 0.1) is 12.1 Å². The van der Waals surface area contributed by atoms with Crippen molar-refractivity contribution in [1.82, 2.24) is 0 Å². The van der Waals surface area contributed by atoms with Gasteiger partial charge in [-0.05, 0) is 17.2 Å². The summed E-state index contributed by atoms with van der Waals surface area (Å²) >= 11 is 3.71. The van der Waals surface area contributed by atoms with Gasteiger partial charge in [-0.25, -0.2) is 0 Å². The van der Waals surface area contributed by atoms with Gasteiger partial charge in [0.15, 0.2) is 0 Å². The third-order valence-corrected chi connectivity index (χ3v) is 3.71. The molecule has 0 amide bonds. The van der Waals surface area contributed by atoms with Crippen LogP contribution < -0.4 is 0 Å². The van der Waals surface area contributed by atoms with E-state index in [1.807, 2.05) is 35.7 Å². The molecule has 0 saturated carbocycles. The fraction of sp³-hybridized carbons (Fsp3) is 0.636. The van der Waals surface area contributed by atoms with Gasteiger partial charge in [-0.15, -0.1) is 23.5 Å². The first-order valence-electron chi connectivity index (χ1n) is 5.02. The van der Waals surface area contributed by atoms with E-state index in [9.17, 15) is 0 Å². The Bertz CT molecular complexity index is 230. The zero-order chi connectivity index (χ0) is 11.4. The molecule has 0 unspecified atom stereocenters.